The Bertz CT molecular complexity index is 1130. The lowest BCUT2D eigenvalue weighted by atomic mass is 10.1. The number of aromatic nitrogens is 1. The molecule has 4 heteroatoms. The number of rotatable bonds is 5. The lowest BCUT2D eigenvalue weighted by Crippen LogP contribution is -2.12. The molecule has 0 unspecified atom stereocenters. The number of carbonyl (C=O) groups excluding carboxylic acids is 1. The summed E-state index contributed by atoms with van der Waals surface area (Å²) in [4.78, 5) is 17.2. The highest BCUT2D eigenvalue weighted by atomic mass is 16.3. The lowest BCUT2D eigenvalue weighted by Gasteiger charge is -2.09. The van der Waals surface area contributed by atoms with Crippen LogP contribution in [0.4, 0.5) is 5.69 Å². The zero-order valence-corrected chi connectivity index (χ0v) is 16.0. The number of amides is 1. The largest absolute Gasteiger partial charge is 0.441 e. The van der Waals surface area contributed by atoms with Crippen molar-refractivity contribution >= 4 is 22.7 Å². The maximum Gasteiger partial charge on any atom is 0.255 e. The van der Waals surface area contributed by atoms with Crippen molar-refractivity contribution in [3.05, 3.63) is 94.9 Å². The number of nitrogens with zero attached hydrogens (tertiary/aromatic N) is 1. The molecule has 3 aromatic carbocycles. The van der Waals surface area contributed by atoms with Gasteiger partial charge in [-0.1, -0.05) is 48.0 Å². The number of hydrogen-bond acceptors (Lipinski definition) is 3. The van der Waals surface area contributed by atoms with Gasteiger partial charge in [0.25, 0.3) is 5.91 Å². The fourth-order valence-electron chi connectivity index (χ4n) is 3.26. The zero-order chi connectivity index (χ0) is 19.5. The van der Waals surface area contributed by atoms with Crippen molar-refractivity contribution in [3.8, 4) is 0 Å². The molecular weight excluding hydrogens is 348 g/mol. The van der Waals surface area contributed by atoms with Crippen LogP contribution in [0.25, 0.3) is 11.1 Å². The Labute approximate surface area is 164 Å². The van der Waals surface area contributed by atoms with Gasteiger partial charge in [-0.2, -0.15) is 0 Å². The van der Waals surface area contributed by atoms with Gasteiger partial charge < -0.3 is 9.73 Å². The van der Waals surface area contributed by atoms with Crippen LogP contribution in [0.2, 0.25) is 0 Å². The van der Waals surface area contributed by atoms with Crippen molar-refractivity contribution in [3.63, 3.8) is 0 Å². The van der Waals surface area contributed by atoms with Crippen molar-refractivity contribution in [2.24, 2.45) is 0 Å². The first-order valence-corrected chi connectivity index (χ1v) is 9.40. The van der Waals surface area contributed by atoms with Gasteiger partial charge in [-0.3, -0.25) is 4.79 Å². The zero-order valence-electron chi connectivity index (χ0n) is 16.0. The molecule has 0 aliphatic rings. The van der Waals surface area contributed by atoms with E-state index >= 15 is 0 Å². The molecule has 0 bridgehead atoms. The molecule has 1 N–H and O–H groups in total. The van der Waals surface area contributed by atoms with E-state index in [4.69, 9.17) is 4.42 Å². The summed E-state index contributed by atoms with van der Waals surface area (Å²) < 4.78 is 5.88. The summed E-state index contributed by atoms with van der Waals surface area (Å²) in [5.41, 5.74) is 6.23. The molecule has 28 heavy (non-hydrogen) atoms. The first-order chi connectivity index (χ1) is 13.6. The summed E-state index contributed by atoms with van der Waals surface area (Å²) in [6.45, 7) is 4.02. The second-order valence-corrected chi connectivity index (χ2v) is 7.05. The molecule has 0 aliphatic heterocycles. The van der Waals surface area contributed by atoms with Gasteiger partial charge in [-0.15, -0.1) is 0 Å². The smallest absolute Gasteiger partial charge is 0.255 e. The van der Waals surface area contributed by atoms with E-state index < -0.39 is 0 Å². The van der Waals surface area contributed by atoms with E-state index in [1.807, 2.05) is 56.3 Å². The van der Waals surface area contributed by atoms with Crippen LogP contribution in [0.1, 0.15) is 32.9 Å². The summed E-state index contributed by atoms with van der Waals surface area (Å²) in [6.07, 6.45) is 1.59. The minimum absolute atomic E-state index is 0.156. The van der Waals surface area contributed by atoms with Crippen LogP contribution in [-0.2, 0) is 12.8 Å². The highest BCUT2D eigenvalue weighted by molar-refractivity contribution is 6.06. The molecule has 0 radical (unpaired) electrons. The Kier molecular flexibility index (Phi) is 4.94. The van der Waals surface area contributed by atoms with E-state index in [1.54, 1.807) is 12.1 Å². The number of aryl methyl sites for hydroxylation is 4. The number of fused-ring (bicyclic) bond motifs is 1. The number of anilines is 1. The van der Waals surface area contributed by atoms with Crippen LogP contribution in [0.15, 0.2) is 71.1 Å². The van der Waals surface area contributed by atoms with Gasteiger partial charge in [-0.05, 0) is 55.7 Å². The standard InChI is InChI=1S/C24H22N2O2/c1-16-8-11-20(17(2)14-16)26-24(27)19-10-12-21-22(15-19)28-23(25-21)13-9-18-6-4-3-5-7-18/h3-8,10-12,14-15H,9,13H2,1-2H3,(H,26,27). The maximum absolute atomic E-state index is 12.6. The van der Waals surface area contributed by atoms with Crippen LogP contribution in [0.5, 0.6) is 0 Å². The third-order valence-corrected chi connectivity index (χ3v) is 4.80. The molecule has 0 saturated carbocycles. The van der Waals surface area contributed by atoms with Crippen molar-refractivity contribution in [1.29, 1.82) is 0 Å². The lowest BCUT2D eigenvalue weighted by molar-refractivity contribution is 0.102. The highest BCUT2D eigenvalue weighted by Gasteiger charge is 2.12. The summed E-state index contributed by atoms with van der Waals surface area (Å²) in [6, 6.07) is 21.6. The Morgan fingerprint density at radius 1 is 0.964 bits per heavy atom. The van der Waals surface area contributed by atoms with E-state index in [2.05, 4.69) is 22.4 Å². The van der Waals surface area contributed by atoms with E-state index in [-0.39, 0.29) is 5.91 Å². The summed E-state index contributed by atoms with van der Waals surface area (Å²) in [7, 11) is 0. The predicted octanol–water partition coefficient (Wildman–Crippen LogP) is 5.48. The van der Waals surface area contributed by atoms with Gasteiger partial charge in [0.2, 0.25) is 0 Å². The molecule has 4 rings (SSSR count). The summed E-state index contributed by atoms with van der Waals surface area (Å²) in [5.74, 6) is 0.530. The van der Waals surface area contributed by atoms with Gasteiger partial charge in [-0.25, -0.2) is 4.98 Å². The molecule has 0 saturated heterocycles. The molecule has 140 valence electrons. The van der Waals surface area contributed by atoms with Crippen molar-refractivity contribution in [1.82, 2.24) is 4.98 Å². The van der Waals surface area contributed by atoms with Crippen molar-refractivity contribution in [2.45, 2.75) is 26.7 Å². The molecular formula is C24H22N2O2. The Balaban J connectivity index is 1.50. The molecule has 1 amide bonds. The second kappa shape index (κ2) is 7.69. The average Bonchev–Trinajstić information content (AvgIpc) is 3.11. The van der Waals surface area contributed by atoms with Crippen molar-refractivity contribution < 1.29 is 9.21 Å². The first kappa shape index (κ1) is 18.0. The van der Waals surface area contributed by atoms with Gasteiger partial charge in [0.15, 0.2) is 11.5 Å². The second-order valence-electron chi connectivity index (χ2n) is 7.05. The average molecular weight is 370 g/mol. The topological polar surface area (TPSA) is 55.1 Å². The molecule has 0 spiro atoms. The van der Waals surface area contributed by atoms with Crippen LogP contribution in [0, 0.1) is 13.8 Å². The van der Waals surface area contributed by atoms with Crippen LogP contribution >= 0.6 is 0 Å². The fourth-order valence-corrected chi connectivity index (χ4v) is 3.26. The number of carbonyl (C=O) groups is 1. The minimum atomic E-state index is -0.156. The predicted molar refractivity (Wildman–Crippen MR) is 112 cm³/mol. The van der Waals surface area contributed by atoms with E-state index in [1.165, 1.54) is 11.1 Å². The van der Waals surface area contributed by atoms with Crippen LogP contribution in [-0.4, -0.2) is 10.9 Å². The van der Waals surface area contributed by atoms with Gasteiger partial charge >= 0.3 is 0 Å². The van der Waals surface area contributed by atoms with Gasteiger partial charge in [0.05, 0.1) is 0 Å². The highest BCUT2D eigenvalue weighted by Crippen LogP contribution is 2.21. The molecule has 4 aromatic rings. The first-order valence-electron chi connectivity index (χ1n) is 9.40. The monoisotopic (exact) mass is 370 g/mol. The molecule has 0 aliphatic carbocycles. The summed E-state index contributed by atoms with van der Waals surface area (Å²) >= 11 is 0. The molecule has 4 nitrogen and oxygen atoms in total. The number of oxazole rings is 1. The van der Waals surface area contributed by atoms with E-state index in [0.717, 1.165) is 29.6 Å². The van der Waals surface area contributed by atoms with Crippen molar-refractivity contribution in [2.75, 3.05) is 5.32 Å². The molecule has 0 atom stereocenters. The minimum Gasteiger partial charge on any atom is -0.441 e. The maximum atomic E-state index is 12.6. The Morgan fingerprint density at radius 3 is 2.57 bits per heavy atom. The Morgan fingerprint density at radius 2 is 1.79 bits per heavy atom. The van der Waals surface area contributed by atoms with Gasteiger partial charge in [0, 0.05) is 17.7 Å². The number of benzene rings is 3. The number of nitrogens with one attached hydrogen (secondary N) is 1. The summed E-state index contributed by atoms with van der Waals surface area (Å²) in [5, 5.41) is 2.97. The van der Waals surface area contributed by atoms with E-state index in [9.17, 15) is 4.79 Å². The van der Waals surface area contributed by atoms with Crippen LogP contribution in [0.3, 0.4) is 0 Å². The SMILES string of the molecule is Cc1ccc(NC(=O)c2ccc3nc(CCc4ccccc4)oc3c2)c(C)c1. The molecule has 0 fully saturated rings. The Hall–Kier alpha value is -3.40. The van der Waals surface area contributed by atoms with Gasteiger partial charge in [0.1, 0.15) is 5.52 Å². The van der Waals surface area contributed by atoms with E-state index in [0.29, 0.717) is 17.0 Å². The molecule has 1 aromatic heterocycles. The number of hydrogen-bond donors (Lipinski definition) is 1. The quantitative estimate of drug-likeness (QED) is 0.506. The third-order valence-electron chi connectivity index (χ3n) is 4.80. The third kappa shape index (κ3) is 3.96. The molecule has 1 heterocycles. The van der Waals surface area contributed by atoms with Crippen LogP contribution < -0.4 is 5.32 Å². The normalized spacial score (nSPS) is 10.9. The fraction of sp³-hybridized carbons (Fsp3) is 0.167.